The molecule has 0 radical (unpaired) electrons. The van der Waals surface area contributed by atoms with Gasteiger partial charge in [-0.2, -0.15) is 0 Å². The van der Waals surface area contributed by atoms with Gasteiger partial charge in [-0.05, 0) is 35.5 Å². The van der Waals surface area contributed by atoms with Crippen molar-refractivity contribution < 1.29 is 8.42 Å². The van der Waals surface area contributed by atoms with Gasteiger partial charge in [0.1, 0.15) is 0 Å². The lowest BCUT2D eigenvalue weighted by molar-refractivity contribution is 0.282. The molecule has 1 aliphatic carbocycles. The van der Waals surface area contributed by atoms with E-state index in [4.69, 9.17) is 0 Å². The maximum atomic E-state index is 11.3. The summed E-state index contributed by atoms with van der Waals surface area (Å²) in [5, 5.41) is 0. The van der Waals surface area contributed by atoms with Crippen LogP contribution in [0.2, 0.25) is 0 Å². The highest BCUT2D eigenvalue weighted by Gasteiger charge is 2.34. The Morgan fingerprint density at radius 2 is 1.75 bits per heavy atom. The molecule has 0 aromatic heterocycles. The van der Waals surface area contributed by atoms with Gasteiger partial charge in [0.15, 0.2) is 0 Å². The second-order valence-corrected chi connectivity index (χ2v) is 8.06. The highest BCUT2D eigenvalue weighted by atomic mass is 33.1. The molecule has 1 aliphatic heterocycles. The molecule has 2 nitrogen and oxygen atoms in total. The summed E-state index contributed by atoms with van der Waals surface area (Å²) in [6.07, 6.45) is 4.95. The standard InChI is InChI=1S/C8H14O2S2/c9-12(10)6-8-4-2-1-3-7(8)5-11-12/h7-8H,1-6H2/t7-,8-/m1/s1. The lowest BCUT2D eigenvalue weighted by atomic mass is 9.81. The van der Waals surface area contributed by atoms with E-state index in [-0.39, 0.29) is 0 Å². The van der Waals surface area contributed by atoms with Crippen LogP contribution in [0.3, 0.4) is 0 Å². The van der Waals surface area contributed by atoms with Gasteiger partial charge >= 0.3 is 0 Å². The first-order chi connectivity index (χ1) is 5.67. The molecule has 1 heterocycles. The summed E-state index contributed by atoms with van der Waals surface area (Å²) in [6, 6.07) is 0. The van der Waals surface area contributed by atoms with Crippen LogP contribution in [0.5, 0.6) is 0 Å². The molecule has 12 heavy (non-hydrogen) atoms. The van der Waals surface area contributed by atoms with E-state index in [1.54, 1.807) is 0 Å². The molecule has 1 saturated carbocycles. The van der Waals surface area contributed by atoms with Gasteiger partial charge in [0.05, 0.1) is 5.75 Å². The van der Waals surface area contributed by atoms with Gasteiger partial charge in [-0.1, -0.05) is 12.8 Å². The first-order valence-electron chi connectivity index (χ1n) is 4.54. The normalized spacial score (nSPS) is 40.3. The largest absolute Gasteiger partial charge is 0.217 e. The molecule has 2 atom stereocenters. The smallest absolute Gasteiger partial charge is 0.201 e. The third kappa shape index (κ3) is 1.79. The molecule has 1 saturated heterocycles. The highest BCUT2D eigenvalue weighted by Crippen LogP contribution is 2.39. The summed E-state index contributed by atoms with van der Waals surface area (Å²) in [6.45, 7) is 0. The van der Waals surface area contributed by atoms with Crippen molar-refractivity contribution in [1.29, 1.82) is 0 Å². The molecule has 2 aliphatic rings. The van der Waals surface area contributed by atoms with E-state index < -0.39 is 8.87 Å². The Hall–Kier alpha value is 0.300. The van der Waals surface area contributed by atoms with Crippen LogP contribution in [0.15, 0.2) is 0 Å². The number of hydrogen-bond donors (Lipinski definition) is 0. The third-order valence-electron chi connectivity index (χ3n) is 2.95. The van der Waals surface area contributed by atoms with Crippen molar-refractivity contribution in [3.8, 4) is 0 Å². The molecular formula is C8H14O2S2. The quantitative estimate of drug-likeness (QED) is 0.567. The van der Waals surface area contributed by atoms with Crippen LogP contribution in [0.4, 0.5) is 0 Å². The summed E-state index contributed by atoms with van der Waals surface area (Å²) in [7, 11) is -1.56. The minimum atomic E-state index is -2.74. The molecule has 2 fully saturated rings. The molecule has 4 heteroatoms. The van der Waals surface area contributed by atoms with Crippen LogP contribution in [-0.2, 0) is 8.87 Å². The predicted octanol–water partition coefficient (Wildman–Crippen LogP) is 1.87. The van der Waals surface area contributed by atoms with E-state index in [1.165, 1.54) is 30.1 Å². The van der Waals surface area contributed by atoms with Gasteiger partial charge in [-0.15, -0.1) is 0 Å². The van der Waals surface area contributed by atoms with Gasteiger partial charge in [0.25, 0.3) is 0 Å². The average molecular weight is 206 g/mol. The Morgan fingerprint density at radius 1 is 1.08 bits per heavy atom. The van der Waals surface area contributed by atoms with Crippen molar-refractivity contribution in [3.63, 3.8) is 0 Å². The maximum Gasteiger partial charge on any atom is 0.201 e. The monoisotopic (exact) mass is 206 g/mol. The molecule has 0 aromatic carbocycles. The SMILES string of the molecule is O=S1(=O)C[C@H]2CCCC[C@@H]2CS1. The molecule has 0 unspecified atom stereocenters. The minimum absolute atomic E-state index is 0.447. The zero-order valence-electron chi connectivity index (χ0n) is 7.03. The van der Waals surface area contributed by atoms with Crippen molar-refractivity contribution in [2.24, 2.45) is 11.8 Å². The van der Waals surface area contributed by atoms with Crippen LogP contribution in [0.1, 0.15) is 25.7 Å². The van der Waals surface area contributed by atoms with E-state index in [2.05, 4.69) is 0 Å². The van der Waals surface area contributed by atoms with Gasteiger partial charge in [-0.3, -0.25) is 0 Å². The topological polar surface area (TPSA) is 34.1 Å². The van der Waals surface area contributed by atoms with Gasteiger partial charge in [-0.25, -0.2) is 8.42 Å². The first kappa shape index (κ1) is 8.88. The van der Waals surface area contributed by atoms with Crippen molar-refractivity contribution in [3.05, 3.63) is 0 Å². The summed E-state index contributed by atoms with van der Waals surface area (Å²) in [4.78, 5) is 0. The second kappa shape index (κ2) is 3.22. The van der Waals surface area contributed by atoms with Gasteiger partial charge in [0.2, 0.25) is 8.87 Å². The Morgan fingerprint density at radius 3 is 2.50 bits per heavy atom. The van der Waals surface area contributed by atoms with Crippen LogP contribution in [0, 0.1) is 11.8 Å². The van der Waals surface area contributed by atoms with E-state index >= 15 is 0 Å². The van der Waals surface area contributed by atoms with Crippen molar-refractivity contribution in [2.45, 2.75) is 25.7 Å². The van der Waals surface area contributed by atoms with Crippen molar-refractivity contribution >= 4 is 19.7 Å². The Balaban J connectivity index is 2.08. The fourth-order valence-corrected chi connectivity index (χ4v) is 6.06. The second-order valence-electron chi connectivity index (χ2n) is 3.81. The summed E-state index contributed by atoms with van der Waals surface area (Å²) in [5.74, 6) is 2.49. The average Bonchev–Trinajstić information content (AvgIpc) is 2.02. The Labute approximate surface area is 77.4 Å². The van der Waals surface area contributed by atoms with Crippen LogP contribution in [-0.4, -0.2) is 19.9 Å². The van der Waals surface area contributed by atoms with Crippen LogP contribution >= 0.6 is 10.8 Å². The van der Waals surface area contributed by atoms with Crippen molar-refractivity contribution in [1.82, 2.24) is 0 Å². The lowest BCUT2D eigenvalue weighted by Crippen LogP contribution is -2.32. The summed E-state index contributed by atoms with van der Waals surface area (Å²) >= 11 is 0. The highest BCUT2D eigenvalue weighted by molar-refractivity contribution is 8.72. The fourth-order valence-electron chi connectivity index (χ4n) is 2.22. The zero-order valence-corrected chi connectivity index (χ0v) is 8.66. The van der Waals surface area contributed by atoms with E-state index in [9.17, 15) is 8.42 Å². The number of fused-ring (bicyclic) bond motifs is 1. The predicted molar refractivity (Wildman–Crippen MR) is 51.7 cm³/mol. The Bertz CT molecular complexity index is 258. The summed E-state index contributed by atoms with van der Waals surface area (Å²) < 4.78 is 22.5. The molecule has 0 N–H and O–H groups in total. The molecule has 70 valence electrons. The molecular weight excluding hydrogens is 192 g/mol. The van der Waals surface area contributed by atoms with Gasteiger partial charge < -0.3 is 0 Å². The van der Waals surface area contributed by atoms with E-state index in [1.807, 2.05) is 0 Å². The van der Waals surface area contributed by atoms with Gasteiger partial charge in [0, 0.05) is 5.75 Å². The maximum absolute atomic E-state index is 11.3. The fraction of sp³-hybridized carbons (Fsp3) is 1.00. The molecule has 0 aromatic rings. The van der Waals surface area contributed by atoms with Crippen LogP contribution < -0.4 is 0 Å². The zero-order chi connectivity index (χ0) is 8.60. The van der Waals surface area contributed by atoms with E-state index in [0.29, 0.717) is 17.6 Å². The first-order valence-corrected chi connectivity index (χ1v) is 7.70. The number of hydrogen-bond acceptors (Lipinski definition) is 3. The Kier molecular flexibility index (Phi) is 2.38. The van der Waals surface area contributed by atoms with Crippen molar-refractivity contribution in [2.75, 3.05) is 11.5 Å². The molecule has 0 spiro atoms. The minimum Gasteiger partial charge on any atom is -0.217 e. The van der Waals surface area contributed by atoms with Crippen LogP contribution in [0.25, 0.3) is 0 Å². The molecule has 2 rings (SSSR count). The van der Waals surface area contributed by atoms with E-state index in [0.717, 1.165) is 12.2 Å². The summed E-state index contributed by atoms with van der Waals surface area (Å²) in [5.41, 5.74) is 0. The lowest BCUT2D eigenvalue weighted by Gasteiger charge is -2.34. The molecule has 0 amide bonds. The number of rotatable bonds is 0. The molecule has 0 bridgehead atoms. The third-order valence-corrected chi connectivity index (χ3v) is 6.60.